The Bertz CT molecular complexity index is 1380. The first-order valence-electron chi connectivity index (χ1n) is 9.43. The molecule has 4 aromatic rings. The Kier molecular flexibility index (Phi) is 5.43. The lowest BCUT2D eigenvalue weighted by molar-refractivity contribution is 0.354. The number of nitrogens with zero attached hydrogens (tertiary/aromatic N) is 1. The highest BCUT2D eigenvalue weighted by molar-refractivity contribution is 7.92. The van der Waals surface area contributed by atoms with Crippen LogP contribution in [-0.4, -0.2) is 32.6 Å². The maximum absolute atomic E-state index is 13.7. The average molecular weight is 439 g/mol. The van der Waals surface area contributed by atoms with Crippen LogP contribution in [0.3, 0.4) is 0 Å². The zero-order valence-corrected chi connectivity index (χ0v) is 17.8. The lowest BCUT2D eigenvalue weighted by Crippen LogP contribution is -2.30. The zero-order chi connectivity index (χ0) is 22.0. The van der Waals surface area contributed by atoms with E-state index in [-0.39, 0.29) is 17.1 Å². The summed E-state index contributed by atoms with van der Waals surface area (Å²) in [5.74, 6) is 0.746. The minimum atomic E-state index is -3.98. The number of aromatic nitrogens is 2. The van der Waals surface area contributed by atoms with Crippen molar-refractivity contribution < 1.29 is 17.9 Å². The smallest absolute Gasteiger partial charge is 0.323 e. The minimum Gasteiger partial charge on any atom is -0.493 e. The van der Waals surface area contributed by atoms with Crippen LogP contribution < -0.4 is 19.5 Å². The molecule has 3 aromatic carbocycles. The van der Waals surface area contributed by atoms with Crippen LogP contribution in [-0.2, 0) is 16.6 Å². The number of aromatic amines is 2. The SMILES string of the molecule is COc1ccc(S(=O)(=O)N(Cc2ccccc2)c2ccc3[nH]c(=O)[nH]c3c2)cc1OC. The molecule has 0 saturated carbocycles. The molecular weight excluding hydrogens is 418 g/mol. The molecule has 8 nitrogen and oxygen atoms in total. The topological polar surface area (TPSA) is 104 Å². The molecule has 0 aliphatic heterocycles. The third kappa shape index (κ3) is 3.99. The summed E-state index contributed by atoms with van der Waals surface area (Å²) in [6, 6.07) is 18.7. The highest BCUT2D eigenvalue weighted by Gasteiger charge is 2.27. The number of sulfonamides is 1. The van der Waals surface area contributed by atoms with E-state index >= 15 is 0 Å². The fourth-order valence-electron chi connectivity index (χ4n) is 3.34. The number of rotatable bonds is 7. The third-order valence-corrected chi connectivity index (χ3v) is 6.67. The Morgan fingerprint density at radius 2 is 1.55 bits per heavy atom. The van der Waals surface area contributed by atoms with E-state index in [1.54, 1.807) is 24.3 Å². The predicted octanol–water partition coefficient (Wildman–Crippen LogP) is 3.27. The van der Waals surface area contributed by atoms with Gasteiger partial charge in [-0.15, -0.1) is 0 Å². The molecule has 1 aromatic heterocycles. The molecule has 0 saturated heterocycles. The number of fused-ring (bicyclic) bond motifs is 1. The predicted molar refractivity (Wildman–Crippen MR) is 118 cm³/mol. The van der Waals surface area contributed by atoms with Gasteiger partial charge in [0.05, 0.1) is 42.4 Å². The first-order valence-corrected chi connectivity index (χ1v) is 10.9. The molecule has 0 spiro atoms. The summed E-state index contributed by atoms with van der Waals surface area (Å²) in [5.41, 5.74) is 1.99. The summed E-state index contributed by atoms with van der Waals surface area (Å²) in [5, 5.41) is 0. The van der Waals surface area contributed by atoms with E-state index in [1.165, 1.54) is 30.7 Å². The second-order valence-corrected chi connectivity index (χ2v) is 8.69. The summed E-state index contributed by atoms with van der Waals surface area (Å²) < 4.78 is 39.2. The van der Waals surface area contributed by atoms with Gasteiger partial charge in [-0.2, -0.15) is 0 Å². The summed E-state index contributed by atoms with van der Waals surface area (Å²) >= 11 is 0. The second-order valence-electron chi connectivity index (χ2n) is 6.82. The van der Waals surface area contributed by atoms with E-state index in [1.807, 2.05) is 30.3 Å². The summed E-state index contributed by atoms with van der Waals surface area (Å²) in [6.07, 6.45) is 0. The molecule has 2 N–H and O–H groups in total. The highest BCUT2D eigenvalue weighted by Crippen LogP contribution is 2.33. The van der Waals surface area contributed by atoms with Gasteiger partial charge in [-0.05, 0) is 35.9 Å². The molecule has 0 bridgehead atoms. The average Bonchev–Trinajstić information content (AvgIpc) is 3.16. The maximum atomic E-state index is 13.7. The molecule has 9 heteroatoms. The molecule has 0 aliphatic rings. The van der Waals surface area contributed by atoms with E-state index in [9.17, 15) is 13.2 Å². The standard InChI is InChI=1S/C22H21N3O5S/c1-29-20-11-9-17(13-21(20)30-2)31(27,28)25(14-15-6-4-3-5-7-15)16-8-10-18-19(12-16)24-22(26)23-18/h3-13H,14H2,1-2H3,(H2,23,24,26). The molecule has 4 rings (SSSR count). The number of nitrogens with one attached hydrogen (secondary N) is 2. The second kappa shape index (κ2) is 8.19. The summed E-state index contributed by atoms with van der Waals surface area (Å²) in [6.45, 7) is 0.109. The number of methoxy groups -OCH3 is 2. The summed E-state index contributed by atoms with van der Waals surface area (Å²) in [4.78, 5) is 17.0. The molecule has 0 atom stereocenters. The van der Waals surface area contributed by atoms with Gasteiger partial charge < -0.3 is 19.4 Å². The van der Waals surface area contributed by atoms with Crippen LogP contribution >= 0.6 is 0 Å². The lowest BCUT2D eigenvalue weighted by atomic mass is 10.2. The van der Waals surface area contributed by atoms with Crippen molar-refractivity contribution in [1.82, 2.24) is 9.97 Å². The molecule has 0 aliphatic carbocycles. The van der Waals surface area contributed by atoms with Crippen molar-refractivity contribution in [3.63, 3.8) is 0 Å². The summed E-state index contributed by atoms with van der Waals surface area (Å²) in [7, 11) is -1.04. The van der Waals surface area contributed by atoms with Gasteiger partial charge in [0.2, 0.25) is 0 Å². The van der Waals surface area contributed by atoms with E-state index in [0.717, 1.165) is 5.56 Å². The normalized spacial score (nSPS) is 11.4. The monoisotopic (exact) mass is 439 g/mol. The largest absolute Gasteiger partial charge is 0.493 e. The van der Waals surface area contributed by atoms with Gasteiger partial charge in [-0.3, -0.25) is 4.31 Å². The fourth-order valence-corrected chi connectivity index (χ4v) is 4.80. The molecule has 0 radical (unpaired) electrons. The van der Waals surface area contributed by atoms with Crippen molar-refractivity contribution in [2.45, 2.75) is 11.4 Å². The Labute approximate surface area is 179 Å². The highest BCUT2D eigenvalue weighted by atomic mass is 32.2. The van der Waals surface area contributed by atoms with Crippen LogP contribution in [0.1, 0.15) is 5.56 Å². The number of H-pyrrole nitrogens is 2. The van der Waals surface area contributed by atoms with Gasteiger partial charge in [0.15, 0.2) is 11.5 Å². The zero-order valence-electron chi connectivity index (χ0n) is 17.0. The molecule has 160 valence electrons. The number of hydrogen-bond acceptors (Lipinski definition) is 5. The van der Waals surface area contributed by atoms with Crippen LogP contribution in [0.4, 0.5) is 5.69 Å². The molecule has 31 heavy (non-hydrogen) atoms. The molecule has 0 unspecified atom stereocenters. The van der Waals surface area contributed by atoms with E-state index in [0.29, 0.717) is 28.2 Å². The fraction of sp³-hybridized carbons (Fsp3) is 0.136. The first kappa shape index (κ1) is 20.5. The van der Waals surface area contributed by atoms with Crippen LogP contribution in [0.5, 0.6) is 11.5 Å². The van der Waals surface area contributed by atoms with Crippen LogP contribution in [0, 0.1) is 0 Å². The maximum Gasteiger partial charge on any atom is 0.323 e. The van der Waals surface area contributed by atoms with Gasteiger partial charge in [0.1, 0.15) is 0 Å². The van der Waals surface area contributed by atoms with Crippen molar-refractivity contribution in [3.05, 3.63) is 82.8 Å². The first-order chi connectivity index (χ1) is 14.9. The van der Waals surface area contributed by atoms with Crippen molar-refractivity contribution >= 4 is 26.7 Å². The minimum absolute atomic E-state index is 0.0590. The number of benzene rings is 3. The van der Waals surface area contributed by atoms with Crippen LogP contribution in [0.15, 0.2) is 76.4 Å². The van der Waals surface area contributed by atoms with Crippen LogP contribution in [0.2, 0.25) is 0 Å². The third-order valence-electron chi connectivity index (χ3n) is 4.90. The lowest BCUT2D eigenvalue weighted by Gasteiger charge is -2.25. The quantitative estimate of drug-likeness (QED) is 0.460. The Morgan fingerprint density at radius 3 is 2.26 bits per heavy atom. The Hall–Kier alpha value is -3.72. The van der Waals surface area contributed by atoms with Crippen LogP contribution in [0.25, 0.3) is 11.0 Å². The number of ether oxygens (including phenoxy) is 2. The Balaban J connectivity index is 1.85. The molecular formula is C22H21N3O5S. The molecule has 0 amide bonds. The Morgan fingerprint density at radius 1 is 0.839 bits per heavy atom. The van der Waals surface area contributed by atoms with Gasteiger partial charge in [-0.1, -0.05) is 30.3 Å². The number of hydrogen-bond donors (Lipinski definition) is 2. The van der Waals surface area contributed by atoms with Gasteiger partial charge in [0, 0.05) is 6.07 Å². The number of anilines is 1. The van der Waals surface area contributed by atoms with E-state index in [2.05, 4.69) is 9.97 Å². The molecule has 0 fully saturated rings. The van der Waals surface area contributed by atoms with Crippen molar-refractivity contribution in [2.75, 3.05) is 18.5 Å². The van der Waals surface area contributed by atoms with Crippen molar-refractivity contribution in [2.24, 2.45) is 0 Å². The van der Waals surface area contributed by atoms with E-state index in [4.69, 9.17) is 9.47 Å². The van der Waals surface area contributed by atoms with Gasteiger partial charge in [-0.25, -0.2) is 13.2 Å². The van der Waals surface area contributed by atoms with E-state index < -0.39 is 10.0 Å². The van der Waals surface area contributed by atoms with Crippen molar-refractivity contribution in [3.8, 4) is 11.5 Å². The van der Waals surface area contributed by atoms with Gasteiger partial charge in [0.25, 0.3) is 10.0 Å². The number of imidazole rings is 1. The molecule has 1 heterocycles. The van der Waals surface area contributed by atoms with Crippen molar-refractivity contribution in [1.29, 1.82) is 0 Å². The van der Waals surface area contributed by atoms with Gasteiger partial charge >= 0.3 is 5.69 Å².